The van der Waals surface area contributed by atoms with Crippen molar-refractivity contribution in [3.8, 4) is 11.8 Å². The van der Waals surface area contributed by atoms with Gasteiger partial charge in [0.25, 0.3) is 11.8 Å². The maximum Gasteiger partial charge on any atom is 0.408 e. The third-order valence-electron chi connectivity index (χ3n) is 13.4. The summed E-state index contributed by atoms with van der Waals surface area (Å²) in [5.74, 6) is -7.48. The van der Waals surface area contributed by atoms with Crippen LogP contribution in [0.4, 0.5) is 18.0 Å². The van der Waals surface area contributed by atoms with Crippen LogP contribution in [0.5, 0.6) is 11.8 Å². The molecule has 5 aliphatic rings. The lowest BCUT2D eigenvalue weighted by Gasteiger charge is -2.47. The van der Waals surface area contributed by atoms with Crippen molar-refractivity contribution in [2.45, 2.75) is 132 Å². The molecule has 0 bridgehead atoms. The number of pyridine rings is 1. The Morgan fingerprint density at radius 1 is 1.13 bits per heavy atom. The highest BCUT2D eigenvalue weighted by molar-refractivity contribution is 7.91. The van der Waals surface area contributed by atoms with Gasteiger partial charge in [0.2, 0.25) is 33.6 Å². The van der Waals surface area contributed by atoms with Gasteiger partial charge in [-0.3, -0.25) is 24.0 Å². The lowest BCUT2D eigenvalue weighted by atomic mass is 9.84. The van der Waals surface area contributed by atoms with Crippen LogP contribution in [0, 0.1) is 17.8 Å². The zero-order chi connectivity index (χ0) is 43.6. The molecule has 1 saturated heterocycles. The summed E-state index contributed by atoms with van der Waals surface area (Å²) in [6, 6.07) is 4.28. The highest BCUT2D eigenvalue weighted by Gasteiger charge is 2.64. The molecular formula is C42H54F3N5O9S. The van der Waals surface area contributed by atoms with E-state index in [2.05, 4.69) is 10.3 Å². The summed E-state index contributed by atoms with van der Waals surface area (Å²) in [6.45, 7) is 5.19. The van der Waals surface area contributed by atoms with Crippen molar-refractivity contribution >= 4 is 44.6 Å². The first-order chi connectivity index (χ1) is 28.2. The number of fused-ring (bicyclic) bond motifs is 5. The number of allylic oxidation sites excluding steroid dienone is 1. The molecule has 18 heteroatoms. The number of aromatic nitrogens is 1. The molecule has 2 aromatic rings. The van der Waals surface area contributed by atoms with Crippen molar-refractivity contribution in [3.63, 3.8) is 0 Å². The van der Waals surface area contributed by atoms with Gasteiger partial charge < -0.3 is 24.8 Å². The minimum Gasteiger partial charge on any atom is -0.477 e. The van der Waals surface area contributed by atoms with Crippen LogP contribution in [0.25, 0.3) is 10.8 Å². The van der Waals surface area contributed by atoms with Crippen molar-refractivity contribution in [1.82, 2.24) is 24.8 Å². The van der Waals surface area contributed by atoms with E-state index in [0.29, 0.717) is 42.5 Å². The first kappa shape index (κ1) is 43.5. The fraction of sp³-hybridized carbons (Fsp3) is 0.643. The lowest BCUT2D eigenvalue weighted by Crippen LogP contribution is -2.66. The number of nitrogens with zero attached hydrogens (tertiary/aromatic N) is 3. The number of carboxylic acid groups (broad SMARTS) is 1. The van der Waals surface area contributed by atoms with Crippen LogP contribution in [0.1, 0.15) is 91.5 Å². The van der Waals surface area contributed by atoms with E-state index >= 15 is 13.6 Å². The average molecular weight is 862 g/mol. The summed E-state index contributed by atoms with van der Waals surface area (Å²) in [5.41, 5.74) is -3.27. The highest BCUT2D eigenvalue weighted by atomic mass is 32.2. The molecule has 2 saturated carbocycles. The van der Waals surface area contributed by atoms with Gasteiger partial charge in [-0.05, 0) is 88.5 Å². The second-order valence-electron chi connectivity index (χ2n) is 18.1. The van der Waals surface area contributed by atoms with Gasteiger partial charge in [-0.25, -0.2) is 26.4 Å². The fourth-order valence-corrected chi connectivity index (χ4v) is 10.5. The quantitative estimate of drug-likeness (QED) is 0.271. The smallest absolute Gasteiger partial charge is 0.408 e. The molecule has 60 heavy (non-hydrogen) atoms. The number of hydrogen-bond donors (Lipinski definition) is 3. The average Bonchev–Trinajstić information content (AvgIpc) is 4.09. The maximum absolute atomic E-state index is 15.4. The highest BCUT2D eigenvalue weighted by Crippen LogP contribution is 2.48. The van der Waals surface area contributed by atoms with Gasteiger partial charge in [0.15, 0.2) is 0 Å². The molecule has 1 aromatic heterocycles. The SMILES string of the molecule is C[C@H]1CC/C=C\[C@@H]2C[C@@]2(C(=O)NS(=O)(=O)C2(CF)CC2)NC(=O)[C@@H]2C[C@@H](Oc3nc4c(c5ccccc35)CCCO4)CN2C(=O)[C@@H](N(C(=O)O)C(C)(C)C(C)(F)F)[C@H](C)C1. The summed E-state index contributed by atoms with van der Waals surface area (Å²) >= 11 is 0. The zero-order valence-electron chi connectivity index (χ0n) is 34.5. The molecule has 3 N–H and O–H groups in total. The molecule has 4 heterocycles. The van der Waals surface area contributed by atoms with Crippen LogP contribution in [0.15, 0.2) is 36.4 Å². The number of rotatable bonds is 9. The number of aryl methyl sites for hydroxylation is 1. The van der Waals surface area contributed by atoms with Gasteiger partial charge in [-0.2, -0.15) is 4.98 Å². The monoisotopic (exact) mass is 861 g/mol. The molecule has 4 amide bonds. The molecule has 0 radical (unpaired) electrons. The predicted molar refractivity (Wildman–Crippen MR) is 214 cm³/mol. The van der Waals surface area contributed by atoms with Crippen molar-refractivity contribution in [2.75, 3.05) is 19.8 Å². The Morgan fingerprint density at radius 3 is 2.48 bits per heavy atom. The Bertz CT molecular complexity index is 2200. The summed E-state index contributed by atoms with van der Waals surface area (Å²) in [5, 5.41) is 14.9. The molecular weight excluding hydrogens is 808 g/mol. The van der Waals surface area contributed by atoms with E-state index in [1.54, 1.807) is 13.0 Å². The van der Waals surface area contributed by atoms with Gasteiger partial charge in [-0.1, -0.05) is 44.2 Å². The predicted octanol–water partition coefficient (Wildman–Crippen LogP) is 5.53. The van der Waals surface area contributed by atoms with Crippen molar-refractivity contribution in [1.29, 1.82) is 0 Å². The van der Waals surface area contributed by atoms with Gasteiger partial charge in [0, 0.05) is 30.2 Å². The molecule has 1 aromatic carbocycles. The molecule has 7 rings (SSSR count). The number of halogens is 3. The third-order valence-corrected chi connectivity index (χ3v) is 15.5. The number of sulfonamides is 1. The molecule has 7 atom stereocenters. The summed E-state index contributed by atoms with van der Waals surface area (Å²) in [4.78, 5) is 63.3. The Kier molecular flexibility index (Phi) is 11.4. The number of hydrogen-bond acceptors (Lipinski definition) is 9. The summed E-state index contributed by atoms with van der Waals surface area (Å²) in [7, 11) is -4.48. The Morgan fingerprint density at radius 2 is 1.83 bits per heavy atom. The fourth-order valence-electron chi connectivity index (χ4n) is 9.11. The summed E-state index contributed by atoms with van der Waals surface area (Å²) < 4.78 is 83.9. The number of carbonyl (C=O) groups is 4. The van der Waals surface area contributed by atoms with Crippen LogP contribution < -0.4 is 19.5 Å². The van der Waals surface area contributed by atoms with Crippen LogP contribution in [0.2, 0.25) is 0 Å². The second kappa shape index (κ2) is 15.7. The molecule has 3 aliphatic heterocycles. The van der Waals surface area contributed by atoms with Gasteiger partial charge >= 0.3 is 6.09 Å². The van der Waals surface area contributed by atoms with Gasteiger partial charge in [0.05, 0.1) is 13.2 Å². The minimum atomic E-state index is -4.48. The molecule has 2 aliphatic carbocycles. The van der Waals surface area contributed by atoms with E-state index in [9.17, 15) is 32.3 Å². The largest absolute Gasteiger partial charge is 0.477 e. The standard InChI is InChI=1S/C42H54F3N5O9S/c1-24-11-6-7-12-26-21-42(26,37(53)48-60(56,57)41(23-43)16-17-41)47-33(51)31-20-27(59-35-30-14-9-8-13-28(30)29-15-10-18-58-34(29)46-35)22-49(31)36(52)32(25(2)19-24)50(38(54)55)39(3,4)40(5,44)45/h7-9,12-14,24-27,31-32H,6,10-11,15-23H2,1-5H3,(H,47,51)(H,48,53)(H,54,55)/b12-7-/t24-,25+,26+,27+,31-,32-,42+/m0/s1. The molecule has 3 fully saturated rings. The topological polar surface area (TPSA) is 185 Å². The van der Waals surface area contributed by atoms with Crippen LogP contribution in [-0.2, 0) is 30.8 Å². The second-order valence-corrected chi connectivity index (χ2v) is 20.1. The first-order valence-electron chi connectivity index (χ1n) is 20.7. The molecule has 0 spiro atoms. The van der Waals surface area contributed by atoms with E-state index in [-0.39, 0.29) is 50.4 Å². The number of ether oxygens (including phenoxy) is 2. The summed E-state index contributed by atoms with van der Waals surface area (Å²) in [6.07, 6.45) is 3.51. The van der Waals surface area contributed by atoms with Crippen molar-refractivity contribution < 1.29 is 55.3 Å². The number of amides is 4. The maximum atomic E-state index is 15.4. The van der Waals surface area contributed by atoms with Crippen LogP contribution in [-0.4, -0.2) is 112 Å². The number of benzene rings is 1. The van der Waals surface area contributed by atoms with Crippen LogP contribution in [0.3, 0.4) is 0 Å². The van der Waals surface area contributed by atoms with E-state index < -0.39 is 92.3 Å². The van der Waals surface area contributed by atoms with Crippen molar-refractivity contribution in [3.05, 3.63) is 42.0 Å². The number of nitrogens with one attached hydrogen (secondary N) is 2. The van der Waals surface area contributed by atoms with Gasteiger partial charge in [-0.15, -0.1) is 0 Å². The van der Waals surface area contributed by atoms with E-state index in [1.807, 2.05) is 42.0 Å². The van der Waals surface area contributed by atoms with Crippen molar-refractivity contribution in [2.24, 2.45) is 17.8 Å². The lowest BCUT2D eigenvalue weighted by molar-refractivity contribution is -0.156. The van der Waals surface area contributed by atoms with Gasteiger partial charge in [0.1, 0.15) is 40.7 Å². The molecule has 14 nitrogen and oxygen atoms in total. The molecule has 0 unspecified atom stereocenters. The minimum absolute atomic E-state index is 0.00657. The van der Waals surface area contributed by atoms with Crippen LogP contribution >= 0.6 is 0 Å². The number of carbonyl (C=O) groups excluding carboxylic acids is 3. The van der Waals surface area contributed by atoms with E-state index in [0.717, 1.165) is 42.5 Å². The van der Waals surface area contributed by atoms with E-state index in [1.165, 1.54) is 0 Å². The third kappa shape index (κ3) is 7.76. The zero-order valence-corrected chi connectivity index (χ0v) is 35.3. The Hall–Kier alpha value is -4.61. The first-order valence-corrected chi connectivity index (χ1v) is 22.2. The normalized spacial score (nSPS) is 30.0. The molecule has 328 valence electrons. The van der Waals surface area contributed by atoms with E-state index in [4.69, 9.17) is 9.47 Å². The Balaban J connectivity index is 1.30. The Labute approximate surface area is 347 Å². The number of alkyl halides is 3.